The summed E-state index contributed by atoms with van der Waals surface area (Å²) in [7, 11) is -1.77. The molecule has 0 aromatic heterocycles. The van der Waals surface area contributed by atoms with E-state index in [2.05, 4.69) is 39.2 Å². The predicted octanol–water partition coefficient (Wildman–Crippen LogP) is 3.62. The van der Waals surface area contributed by atoms with Crippen molar-refractivity contribution >= 4 is 14.4 Å². The van der Waals surface area contributed by atoms with Crippen molar-refractivity contribution < 1.29 is 14.0 Å². The molecule has 1 atom stereocenters. The largest absolute Gasteiger partial charge is 0.445 e. The third kappa shape index (κ3) is 5.83. The standard InChI is InChI=1S/C19H32N2O3Si/c1-19(2,3)25(4,5)24-15-17-13-21(12-11-20-17)18(22)23-14-16-9-7-6-8-10-16/h6-10,17,20H,11-15H2,1-5H3/t17-/m0/s1. The van der Waals surface area contributed by atoms with E-state index in [0.29, 0.717) is 26.3 Å². The van der Waals surface area contributed by atoms with E-state index in [4.69, 9.17) is 9.16 Å². The van der Waals surface area contributed by atoms with Crippen LogP contribution in [0.1, 0.15) is 26.3 Å². The van der Waals surface area contributed by atoms with Crippen molar-refractivity contribution in [3.63, 3.8) is 0 Å². The van der Waals surface area contributed by atoms with Crippen molar-refractivity contribution in [2.45, 2.75) is 51.6 Å². The van der Waals surface area contributed by atoms with Gasteiger partial charge in [0.1, 0.15) is 6.61 Å². The van der Waals surface area contributed by atoms with E-state index in [1.165, 1.54) is 0 Å². The second kappa shape index (κ2) is 8.34. The average Bonchev–Trinajstić information content (AvgIpc) is 2.58. The summed E-state index contributed by atoms with van der Waals surface area (Å²) in [4.78, 5) is 14.1. The lowest BCUT2D eigenvalue weighted by molar-refractivity contribution is 0.0787. The number of carbonyl (C=O) groups excluding carboxylic acids is 1. The normalized spacial score (nSPS) is 18.9. The molecule has 0 radical (unpaired) electrons. The van der Waals surface area contributed by atoms with Crippen molar-refractivity contribution in [2.75, 3.05) is 26.2 Å². The van der Waals surface area contributed by atoms with Crippen LogP contribution < -0.4 is 5.32 Å². The Kier molecular flexibility index (Phi) is 6.65. The highest BCUT2D eigenvalue weighted by Crippen LogP contribution is 2.36. The first-order valence-corrected chi connectivity index (χ1v) is 11.9. The maximum absolute atomic E-state index is 12.3. The van der Waals surface area contributed by atoms with Gasteiger partial charge in [-0.15, -0.1) is 0 Å². The van der Waals surface area contributed by atoms with Gasteiger partial charge < -0.3 is 19.4 Å². The van der Waals surface area contributed by atoms with E-state index in [0.717, 1.165) is 12.1 Å². The molecule has 0 unspecified atom stereocenters. The van der Waals surface area contributed by atoms with Gasteiger partial charge in [0, 0.05) is 25.7 Å². The van der Waals surface area contributed by atoms with E-state index in [9.17, 15) is 4.79 Å². The van der Waals surface area contributed by atoms with Crippen LogP contribution in [-0.4, -0.2) is 51.6 Å². The summed E-state index contributed by atoms with van der Waals surface area (Å²) in [6.45, 7) is 14.2. The number of ether oxygens (including phenoxy) is 1. The lowest BCUT2D eigenvalue weighted by atomic mass is 10.2. The first kappa shape index (κ1) is 19.9. The molecule has 25 heavy (non-hydrogen) atoms. The third-order valence-electron chi connectivity index (χ3n) is 5.17. The topological polar surface area (TPSA) is 50.8 Å². The Morgan fingerprint density at radius 3 is 2.60 bits per heavy atom. The SMILES string of the molecule is CC(C)(C)[Si](C)(C)OC[C@@H]1CN(C(=O)OCc2ccccc2)CCN1. The van der Waals surface area contributed by atoms with Gasteiger partial charge in [-0.1, -0.05) is 51.1 Å². The summed E-state index contributed by atoms with van der Waals surface area (Å²) in [5.74, 6) is 0. The minimum absolute atomic E-state index is 0.159. The number of carbonyl (C=O) groups is 1. The highest BCUT2D eigenvalue weighted by Gasteiger charge is 2.38. The van der Waals surface area contributed by atoms with Gasteiger partial charge in [-0.3, -0.25) is 0 Å². The molecule has 0 saturated carbocycles. The summed E-state index contributed by atoms with van der Waals surface area (Å²) >= 11 is 0. The first-order valence-electron chi connectivity index (χ1n) is 9.02. The number of amides is 1. The van der Waals surface area contributed by atoms with Crippen LogP contribution in [0.3, 0.4) is 0 Å². The van der Waals surface area contributed by atoms with Crippen LogP contribution in [0.2, 0.25) is 18.1 Å². The minimum atomic E-state index is -1.77. The molecular weight excluding hydrogens is 332 g/mol. The molecule has 1 amide bonds. The first-order chi connectivity index (χ1) is 11.7. The zero-order valence-corrected chi connectivity index (χ0v) is 17.2. The number of benzene rings is 1. The smallest absolute Gasteiger partial charge is 0.410 e. The monoisotopic (exact) mass is 364 g/mol. The van der Waals surface area contributed by atoms with Crippen LogP contribution in [0.15, 0.2) is 30.3 Å². The zero-order valence-electron chi connectivity index (χ0n) is 16.2. The summed E-state index contributed by atoms with van der Waals surface area (Å²) in [5.41, 5.74) is 1.00. The molecule has 2 rings (SSSR count). The second-order valence-corrected chi connectivity index (χ2v) is 13.0. The molecule has 1 aromatic rings. The van der Waals surface area contributed by atoms with E-state index in [-0.39, 0.29) is 17.2 Å². The Morgan fingerprint density at radius 1 is 1.28 bits per heavy atom. The Balaban J connectivity index is 1.80. The Labute approximate surface area is 152 Å². The Morgan fingerprint density at radius 2 is 1.96 bits per heavy atom. The van der Waals surface area contributed by atoms with Crippen molar-refractivity contribution in [2.24, 2.45) is 0 Å². The molecule has 1 heterocycles. The minimum Gasteiger partial charge on any atom is -0.445 e. The maximum Gasteiger partial charge on any atom is 0.410 e. The van der Waals surface area contributed by atoms with Crippen molar-refractivity contribution in [1.82, 2.24) is 10.2 Å². The summed E-state index contributed by atoms with van der Waals surface area (Å²) in [5, 5.41) is 3.64. The third-order valence-corrected chi connectivity index (χ3v) is 9.67. The Bertz CT molecular complexity index is 558. The molecule has 0 spiro atoms. The van der Waals surface area contributed by atoms with Gasteiger partial charge in [-0.2, -0.15) is 0 Å². The summed E-state index contributed by atoms with van der Waals surface area (Å²) in [6.07, 6.45) is -0.248. The van der Waals surface area contributed by atoms with Gasteiger partial charge >= 0.3 is 6.09 Å². The quantitative estimate of drug-likeness (QED) is 0.811. The second-order valence-electron chi connectivity index (χ2n) is 8.21. The maximum atomic E-state index is 12.3. The molecule has 1 aliphatic heterocycles. The van der Waals surface area contributed by atoms with Gasteiger partial charge in [0.15, 0.2) is 8.32 Å². The van der Waals surface area contributed by atoms with Crippen LogP contribution in [0.25, 0.3) is 0 Å². The fraction of sp³-hybridized carbons (Fsp3) is 0.632. The molecule has 1 aromatic carbocycles. The molecule has 1 fully saturated rings. The molecule has 1 saturated heterocycles. The molecule has 6 heteroatoms. The number of piperazine rings is 1. The van der Waals surface area contributed by atoms with Crippen LogP contribution in [0.5, 0.6) is 0 Å². The van der Waals surface area contributed by atoms with Gasteiger partial charge in [0.25, 0.3) is 0 Å². The molecular formula is C19H32N2O3Si. The van der Waals surface area contributed by atoms with Crippen molar-refractivity contribution in [3.8, 4) is 0 Å². The van der Waals surface area contributed by atoms with Gasteiger partial charge in [0.2, 0.25) is 0 Å². The van der Waals surface area contributed by atoms with Crippen LogP contribution in [0.4, 0.5) is 4.79 Å². The van der Waals surface area contributed by atoms with Crippen LogP contribution in [-0.2, 0) is 15.8 Å². The van der Waals surface area contributed by atoms with Gasteiger partial charge in [-0.05, 0) is 23.7 Å². The van der Waals surface area contributed by atoms with Crippen LogP contribution in [0, 0.1) is 0 Å². The highest BCUT2D eigenvalue weighted by atomic mass is 28.4. The van der Waals surface area contributed by atoms with Gasteiger partial charge in [0.05, 0.1) is 6.61 Å². The number of hydrogen-bond donors (Lipinski definition) is 1. The lowest BCUT2D eigenvalue weighted by Crippen LogP contribution is -2.56. The Hall–Kier alpha value is -1.37. The fourth-order valence-electron chi connectivity index (χ4n) is 2.44. The molecule has 140 valence electrons. The predicted molar refractivity (Wildman–Crippen MR) is 103 cm³/mol. The summed E-state index contributed by atoms with van der Waals surface area (Å²) in [6, 6.07) is 9.92. The number of rotatable bonds is 5. The van der Waals surface area contributed by atoms with Crippen LogP contribution >= 0.6 is 0 Å². The van der Waals surface area contributed by atoms with E-state index < -0.39 is 8.32 Å². The van der Waals surface area contributed by atoms with E-state index in [1.54, 1.807) is 4.90 Å². The number of hydrogen-bond acceptors (Lipinski definition) is 4. The highest BCUT2D eigenvalue weighted by molar-refractivity contribution is 6.74. The molecule has 0 bridgehead atoms. The average molecular weight is 365 g/mol. The van der Waals surface area contributed by atoms with E-state index >= 15 is 0 Å². The van der Waals surface area contributed by atoms with Crippen molar-refractivity contribution in [1.29, 1.82) is 0 Å². The number of nitrogens with one attached hydrogen (secondary N) is 1. The molecule has 5 nitrogen and oxygen atoms in total. The molecule has 1 aliphatic rings. The van der Waals surface area contributed by atoms with E-state index in [1.807, 2.05) is 30.3 Å². The zero-order chi connectivity index (χ0) is 18.5. The summed E-state index contributed by atoms with van der Waals surface area (Å²) < 4.78 is 11.7. The fourth-order valence-corrected chi connectivity index (χ4v) is 3.49. The molecule has 0 aliphatic carbocycles. The van der Waals surface area contributed by atoms with Gasteiger partial charge in [-0.25, -0.2) is 4.79 Å². The molecule has 1 N–H and O–H groups in total. The number of nitrogens with zero attached hydrogens (tertiary/aromatic N) is 1. The van der Waals surface area contributed by atoms with Crippen molar-refractivity contribution in [3.05, 3.63) is 35.9 Å². The lowest BCUT2D eigenvalue weighted by Gasteiger charge is -2.39.